The molecule has 1 spiro atoms. The highest BCUT2D eigenvalue weighted by molar-refractivity contribution is 8.14. The van der Waals surface area contributed by atoms with E-state index in [1.54, 1.807) is 0 Å². The van der Waals surface area contributed by atoms with Crippen molar-refractivity contribution >= 4 is 28.8 Å². The first kappa shape index (κ1) is 20.1. The molecule has 4 rings (SSSR count). The number of thioether (sulfide) groups is 1. The van der Waals surface area contributed by atoms with Gasteiger partial charge in [-0.2, -0.15) is 0 Å². The third-order valence-corrected chi connectivity index (χ3v) is 7.12. The van der Waals surface area contributed by atoms with E-state index in [1.165, 1.54) is 11.8 Å². The van der Waals surface area contributed by atoms with Crippen LogP contribution in [-0.4, -0.2) is 71.4 Å². The average molecular weight is 418 g/mol. The molecule has 1 atom stereocenters. The maximum atomic E-state index is 12.8. The predicted octanol–water partition coefficient (Wildman–Crippen LogP) is 2.37. The van der Waals surface area contributed by atoms with E-state index in [0.717, 1.165) is 38.1 Å². The van der Waals surface area contributed by atoms with Crippen molar-refractivity contribution in [3.05, 3.63) is 29.8 Å². The molecule has 8 heteroatoms. The van der Waals surface area contributed by atoms with Gasteiger partial charge in [-0.05, 0) is 55.9 Å². The Morgan fingerprint density at radius 3 is 2.38 bits per heavy atom. The molecule has 3 heterocycles. The van der Waals surface area contributed by atoms with Gasteiger partial charge in [0.1, 0.15) is 11.8 Å². The van der Waals surface area contributed by atoms with Crippen LogP contribution in [-0.2, 0) is 4.79 Å². The molecule has 1 aromatic carbocycles. The molecule has 29 heavy (non-hydrogen) atoms. The van der Waals surface area contributed by atoms with E-state index in [9.17, 15) is 14.4 Å². The second kappa shape index (κ2) is 8.26. The lowest BCUT2D eigenvalue weighted by Gasteiger charge is -2.39. The molecule has 0 aromatic heterocycles. The maximum Gasteiger partial charge on any atom is 0.279 e. The van der Waals surface area contributed by atoms with Crippen molar-refractivity contribution in [2.24, 2.45) is 5.41 Å². The number of hydrogen-bond donors (Lipinski definition) is 1. The van der Waals surface area contributed by atoms with Crippen LogP contribution in [0.1, 0.15) is 36.5 Å². The number of benzene rings is 1. The first-order valence-corrected chi connectivity index (χ1v) is 11.2. The summed E-state index contributed by atoms with van der Waals surface area (Å²) in [6.45, 7) is 5.43. The summed E-state index contributed by atoms with van der Waals surface area (Å²) in [5.74, 6) is 1.38. The molecule has 3 aliphatic heterocycles. The van der Waals surface area contributed by atoms with E-state index in [2.05, 4.69) is 5.32 Å². The number of amides is 3. The van der Waals surface area contributed by atoms with Crippen molar-refractivity contribution in [1.82, 2.24) is 15.1 Å². The Morgan fingerprint density at radius 2 is 1.79 bits per heavy atom. The molecule has 3 fully saturated rings. The summed E-state index contributed by atoms with van der Waals surface area (Å²) >= 11 is 1.17. The van der Waals surface area contributed by atoms with E-state index in [0.29, 0.717) is 31.0 Å². The fraction of sp³-hybridized carbons (Fsp3) is 0.571. The van der Waals surface area contributed by atoms with Gasteiger partial charge in [-0.25, -0.2) is 0 Å². The van der Waals surface area contributed by atoms with Crippen molar-refractivity contribution in [1.29, 1.82) is 0 Å². The fourth-order valence-corrected chi connectivity index (χ4v) is 5.27. The summed E-state index contributed by atoms with van der Waals surface area (Å²) in [6, 6.07) is 6.93. The van der Waals surface area contributed by atoms with Crippen LogP contribution in [0.3, 0.4) is 0 Å². The largest absolute Gasteiger partial charge is 0.494 e. The summed E-state index contributed by atoms with van der Waals surface area (Å²) in [5.41, 5.74) is 0.781. The Labute approximate surface area is 175 Å². The van der Waals surface area contributed by atoms with Gasteiger partial charge in [0, 0.05) is 37.5 Å². The number of nitrogens with zero attached hydrogens (tertiary/aromatic N) is 2. The molecule has 1 unspecified atom stereocenters. The van der Waals surface area contributed by atoms with E-state index in [4.69, 9.17) is 4.74 Å². The van der Waals surface area contributed by atoms with Crippen LogP contribution < -0.4 is 10.1 Å². The minimum Gasteiger partial charge on any atom is -0.494 e. The highest BCUT2D eigenvalue weighted by Gasteiger charge is 2.44. The summed E-state index contributed by atoms with van der Waals surface area (Å²) < 4.78 is 5.44. The smallest absolute Gasteiger partial charge is 0.279 e. The summed E-state index contributed by atoms with van der Waals surface area (Å²) in [6.07, 6.45) is 2.79. The molecule has 3 saturated heterocycles. The molecule has 3 amide bonds. The number of likely N-dealkylation sites (tertiary alicyclic amines) is 2. The Hall–Kier alpha value is -2.22. The topological polar surface area (TPSA) is 79.0 Å². The molecule has 1 N–H and O–H groups in total. The van der Waals surface area contributed by atoms with Crippen LogP contribution >= 0.6 is 11.8 Å². The van der Waals surface area contributed by atoms with Gasteiger partial charge in [-0.1, -0.05) is 11.8 Å². The Kier molecular flexibility index (Phi) is 5.72. The van der Waals surface area contributed by atoms with Gasteiger partial charge in [0.15, 0.2) is 0 Å². The molecule has 0 radical (unpaired) electrons. The first-order chi connectivity index (χ1) is 14.0. The van der Waals surface area contributed by atoms with E-state index >= 15 is 0 Å². The van der Waals surface area contributed by atoms with Gasteiger partial charge in [0.25, 0.3) is 11.1 Å². The molecule has 0 bridgehead atoms. The van der Waals surface area contributed by atoms with Gasteiger partial charge in [-0.15, -0.1) is 0 Å². The molecule has 1 aromatic rings. The molecular weight excluding hydrogens is 390 g/mol. The van der Waals surface area contributed by atoms with Crippen LogP contribution in [0.2, 0.25) is 0 Å². The van der Waals surface area contributed by atoms with E-state index in [1.807, 2.05) is 41.0 Å². The zero-order chi connectivity index (χ0) is 20.4. The summed E-state index contributed by atoms with van der Waals surface area (Å²) in [7, 11) is 0. The number of rotatable bonds is 4. The molecular formula is C21H27N3O4S. The maximum absolute atomic E-state index is 12.8. The van der Waals surface area contributed by atoms with Crippen molar-refractivity contribution in [2.75, 3.05) is 38.5 Å². The highest BCUT2D eigenvalue weighted by atomic mass is 32.2. The van der Waals surface area contributed by atoms with Crippen molar-refractivity contribution in [3.8, 4) is 5.75 Å². The predicted molar refractivity (Wildman–Crippen MR) is 111 cm³/mol. The van der Waals surface area contributed by atoms with Gasteiger partial charge < -0.3 is 19.9 Å². The normalized spacial score (nSPS) is 23.3. The van der Waals surface area contributed by atoms with Crippen LogP contribution in [0.15, 0.2) is 24.3 Å². The molecule has 3 aliphatic rings. The SMILES string of the molecule is CCOc1ccc(C(=O)N2CCC3(CC2)CCN(C(=O)C2CSC(=O)N2)C3)cc1. The van der Waals surface area contributed by atoms with Gasteiger partial charge in [0.05, 0.1) is 6.61 Å². The number of carbonyl (C=O) groups excluding carboxylic acids is 3. The fourth-order valence-electron chi connectivity index (χ4n) is 4.50. The quantitative estimate of drug-likeness (QED) is 0.814. The van der Waals surface area contributed by atoms with Crippen LogP contribution in [0.5, 0.6) is 5.75 Å². The number of ether oxygens (including phenoxy) is 1. The van der Waals surface area contributed by atoms with E-state index in [-0.39, 0.29) is 28.5 Å². The first-order valence-electron chi connectivity index (χ1n) is 10.2. The lowest BCUT2D eigenvalue weighted by Crippen LogP contribution is -2.47. The van der Waals surface area contributed by atoms with Gasteiger partial charge in [0.2, 0.25) is 5.91 Å². The second-order valence-electron chi connectivity index (χ2n) is 8.05. The number of hydrogen-bond acceptors (Lipinski definition) is 5. The molecule has 156 valence electrons. The van der Waals surface area contributed by atoms with E-state index < -0.39 is 0 Å². The van der Waals surface area contributed by atoms with Gasteiger partial charge >= 0.3 is 0 Å². The zero-order valence-corrected chi connectivity index (χ0v) is 17.5. The Bertz CT molecular complexity index is 790. The Morgan fingerprint density at radius 1 is 1.14 bits per heavy atom. The third-order valence-electron chi connectivity index (χ3n) is 6.24. The Balaban J connectivity index is 1.31. The summed E-state index contributed by atoms with van der Waals surface area (Å²) in [5, 5.41) is 2.63. The average Bonchev–Trinajstić information content (AvgIpc) is 3.35. The third kappa shape index (κ3) is 4.22. The monoisotopic (exact) mass is 417 g/mol. The van der Waals surface area contributed by atoms with Crippen LogP contribution in [0.25, 0.3) is 0 Å². The van der Waals surface area contributed by atoms with Crippen molar-refractivity contribution in [2.45, 2.75) is 32.2 Å². The van der Waals surface area contributed by atoms with Gasteiger partial charge in [-0.3, -0.25) is 14.4 Å². The van der Waals surface area contributed by atoms with Crippen LogP contribution in [0.4, 0.5) is 4.79 Å². The number of carbonyl (C=O) groups is 3. The summed E-state index contributed by atoms with van der Waals surface area (Å²) in [4.78, 5) is 40.7. The minimum atomic E-state index is -0.385. The second-order valence-corrected chi connectivity index (χ2v) is 9.05. The standard InChI is InChI=1S/C21H27N3O4S/c1-2-28-16-5-3-15(4-6-16)18(25)23-10-7-21(8-11-23)9-12-24(14-21)19(26)17-13-29-20(27)22-17/h3-6,17H,2,7-14H2,1H3,(H,22,27). The lowest BCUT2D eigenvalue weighted by atomic mass is 9.77. The van der Waals surface area contributed by atoms with Crippen LogP contribution in [0, 0.1) is 5.41 Å². The molecule has 0 saturated carbocycles. The van der Waals surface area contributed by atoms with Crippen molar-refractivity contribution in [3.63, 3.8) is 0 Å². The number of piperidine rings is 1. The van der Waals surface area contributed by atoms with Crippen molar-refractivity contribution < 1.29 is 19.1 Å². The number of nitrogens with one attached hydrogen (secondary N) is 1. The lowest BCUT2D eigenvalue weighted by molar-refractivity contribution is -0.132. The zero-order valence-electron chi connectivity index (χ0n) is 16.7. The minimum absolute atomic E-state index is 0.0353. The molecule has 7 nitrogen and oxygen atoms in total. The highest BCUT2D eigenvalue weighted by Crippen LogP contribution is 2.41. The molecule has 0 aliphatic carbocycles.